The first-order chi connectivity index (χ1) is 8.58. The van der Waals surface area contributed by atoms with Crippen LogP contribution in [0.25, 0.3) is 0 Å². The molecular weight excluding hydrogens is 252 g/mol. The van der Waals surface area contributed by atoms with Gasteiger partial charge in [-0.25, -0.2) is 0 Å². The summed E-state index contributed by atoms with van der Waals surface area (Å²) in [6.07, 6.45) is 3.19. The summed E-state index contributed by atoms with van der Waals surface area (Å²) in [5.74, 6) is -0.113. The van der Waals surface area contributed by atoms with Crippen LogP contribution >= 0.6 is 11.6 Å². The number of hydrogen-bond donors (Lipinski definition) is 1. The summed E-state index contributed by atoms with van der Waals surface area (Å²) in [6.45, 7) is 0.483. The second-order valence-corrected chi connectivity index (χ2v) is 4.44. The van der Waals surface area contributed by atoms with E-state index in [1.807, 2.05) is 6.07 Å². The van der Waals surface area contributed by atoms with E-state index < -0.39 is 0 Å². The van der Waals surface area contributed by atoms with Crippen molar-refractivity contribution in [3.8, 4) is 0 Å². The number of rotatable bonds is 3. The lowest BCUT2D eigenvalue weighted by molar-refractivity contribution is 0.0785. The Balaban J connectivity index is 2.12. The molecule has 4 nitrogen and oxygen atoms in total. The number of nitrogen functional groups attached to an aromatic ring is 1. The summed E-state index contributed by atoms with van der Waals surface area (Å²) >= 11 is 5.89. The van der Waals surface area contributed by atoms with E-state index in [1.165, 1.54) is 0 Å². The minimum Gasteiger partial charge on any atom is -0.472 e. The average Bonchev–Trinajstić information content (AvgIpc) is 2.84. The lowest BCUT2D eigenvalue weighted by atomic mass is 10.2. The van der Waals surface area contributed by atoms with Gasteiger partial charge >= 0.3 is 0 Å². The lowest BCUT2D eigenvalue weighted by Gasteiger charge is -2.16. The lowest BCUT2D eigenvalue weighted by Crippen LogP contribution is -2.26. The first-order valence-corrected chi connectivity index (χ1v) is 5.77. The second kappa shape index (κ2) is 5.14. The number of anilines is 1. The molecule has 2 rings (SSSR count). The number of carbonyl (C=O) groups is 1. The molecule has 0 spiro atoms. The predicted molar refractivity (Wildman–Crippen MR) is 70.4 cm³/mol. The Hall–Kier alpha value is -1.94. The van der Waals surface area contributed by atoms with Crippen molar-refractivity contribution < 1.29 is 9.21 Å². The van der Waals surface area contributed by atoms with E-state index in [0.29, 0.717) is 22.8 Å². The number of nitrogens with zero attached hydrogens (tertiary/aromatic N) is 1. The Morgan fingerprint density at radius 2 is 2.22 bits per heavy atom. The highest BCUT2D eigenvalue weighted by Gasteiger charge is 2.13. The zero-order valence-electron chi connectivity index (χ0n) is 9.89. The number of carbonyl (C=O) groups excluding carboxylic acids is 1. The van der Waals surface area contributed by atoms with Crippen LogP contribution in [0.15, 0.2) is 41.2 Å². The largest absolute Gasteiger partial charge is 0.472 e. The number of furan rings is 1. The number of nitrogens with two attached hydrogens (primary N) is 1. The van der Waals surface area contributed by atoms with E-state index in [1.54, 1.807) is 42.7 Å². The fourth-order valence-electron chi connectivity index (χ4n) is 1.61. The van der Waals surface area contributed by atoms with Crippen LogP contribution in [0, 0.1) is 0 Å². The third-order valence-corrected chi connectivity index (χ3v) is 2.92. The van der Waals surface area contributed by atoms with Crippen molar-refractivity contribution in [3.63, 3.8) is 0 Å². The molecule has 18 heavy (non-hydrogen) atoms. The van der Waals surface area contributed by atoms with Crippen LogP contribution in [-0.2, 0) is 6.54 Å². The van der Waals surface area contributed by atoms with E-state index >= 15 is 0 Å². The fourth-order valence-corrected chi connectivity index (χ4v) is 1.79. The van der Waals surface area contributed by atoms with Gasteiger partial charge in [0.15, 0.2) is 0 Å². The highest BCUT2D eigenvalue weighted by Crippen LogP contribution is 2.20. The summed E-state index contributed by atoms with van der Waals surface area (Å²) < 4.78 is 4.96. The molecule has 0 atom stereocenters. The standard InChI is InChI=1S/C13H13ClN2O2/c1-16(7-9-4-5-18-8-9)13(17)10-2-3-12(15)11(14)6-10/h2-6,8H,7,15H2,1H3. The molecule has 0 fully saturated rings. The molecule has 1 aromatic carbocycles. The van der Waals surface area contributed by atoms with Crippen LogP contribution in [0.3, 0.4) is 0 Å². The van der Waals surface area contributed by atoms with Gasteiger partial charge in [-0.2, -0.15) is 0 Å². The smallest absolute Gasteiger partial charge is 0.253 e. The minimum absolute atomic E-state index is 0.113. The summed E-state index contributed by atoms with van der Waals surface area (Å²) in [5.41, 5.74) is 7.52. The summed E-state index contributed by atoms with van der Waals surface area (Å²) in [7, 11) is 1.72. The molecule has 0 aliphatic rings. The third-order valence-electron chi connectivity index (χ3n) is 2.59. The van der Waals surface area contributed by atoms with E-state index in [-0.39, 0.29) is 5.91 Å². The first kappa shape index (κ1) is 12.5. The van der Waals surface area contributed by atoms with Gasteiger partial charge in [-0.3, -0.25) is 4.79 Å². The van der Waals surface area contributed by atoms with Gasteiger partial charge in [0, 0.05) is 24.7 Å². The molecule has 0 saturated heterocycles. The second-order valence-electron chi connectivity index (χ2n) is 4.03. The normalized spacial score (nSPS) is 10.3. The molecule has 0 unspecified atom stereocenters. The molecule has 0 aliphatic heterocycles. The van der Waals surface area contributed by atoms with E-state index in [2.05, 4.69) is 0 Å². The van der Waals surface area contributed by atoms with E-state index in [9.17, 15) is 4.79 Å². The molecule has 0 aliphatic carbocycles. The third kappa shape index (κ3) is 2.65. The van der Waals surface area contributed by atoms with Crippen LogP contribution in [0.2, 0.25) is 5.02 Å². The molecule has 2 N–H and O–H groups in total. The number of hydrogen-bond acceptors (Lipinski definition) is 3. The van der Waals surface area contributed by atoms with Crippen molar-refractivity contribution in [1.82, 2.24) is 4.90 Å². The Morgan fingerprint density at radius 3 is 2.83 bits per heavy atom. The van der Waals surface area contributed by atoms with Crippen molar-refractivity contribution >= 4 is 23.2 Å². The van der Waals surface area contributed by atoms with Crippen molar-refractivity contribution in [3.05, 3.63) is 52.9 Å². The van der Waals surface area contributed by atoms with Crippen LogP contribution < -0.4 is 5.73 Å². The predicted octanol–water partition coefficient (Wildman–Crippen LogP) is 2.79. The van der Waals surface area contributed by atoms with Gasteiger partial charge in [-0.1, -0.05) is 11.6 Å². The fraction of sp³-hybridized carbons (Fsp3) is 0.154. The van der Waals surface area contributed by atoms with Crippen molar-refractivity contribution in [1.29, 1.82) is 0 Å². The minimum atomic E-state index is -0.113. The van der Waals surface area contributed by atoms with Gasteiger partial charge < -0.3 is 15.1 Å². The maximum atomic E-state index is 12.1. The Kier molecular flexibility index (Phi) is 3.58. The van der Waals surface area contributed by atoms with Crippen LogP contribution in [0.1, 0.15) is 15.9 Å². The zero-order valence-corrected chi connectivity index (χ0v) is 10.6. The molecule has 1 heterocycles. The molecule has 94 valence electrons. The van der Waals surface area contributed by atoms with E-state index in [4.69, 9.17) is 21.8 Å². The summed E-state index contributed by atoms with van der Waals surface area (Å²) in [6, 6.07) is 6.68. The highest BCUT2D eigenvalue weighted by atomic mass is 35.5. The van der Waals surface area contributed by atoms with Gasteiger partial charge in [0.05, 0.1) is 23.2 Å². The molecule has 5 heteroatoms. The Labute approximate surface area is 110 Å². The average molecular weight is 265 g/mol. The topological polar surface area (TPSA) is 59.5 Å². The van der Waals surface area contributed by atoms with Crippen LogP contribution in [-0.4, -0.2) is 17.9 Å². The van der Waals surface area contributed by atoms with Crippen LogP contribution in [0.5, 0.6) is 0 Å². The van der Waals surface area contributed by atoms with E-state index in [0.717, 1.165) is 5.56 Å². The van der Waals surface area contributed by atoms with Crippen molar-refractivity contribution in [2.45, 2.75) is 6.54 Å². The SMILES string of the molecule is CN(Cc1ccoc1)C(=O)c1ccc(N)c(Cl)c1. The molecule has 0 saturated carbocycles. The Bertz CT molecular complexity index is 552. The molecule has 0 radical (unpaired) electrons. The van der Waals surface area contributed by atoms with Gasteiger partial charge in [-0.15, -0.1) is 0 Å². The molecular formula is C13H13ClN2O2. The van der Waals surface area contributed by atoms with Crippen molar-refractivity contribution in [2.75, 3.05) is 12.8 Å². The van der Waals surface area contributed by atoms with Crippen LogP contribution in [0.4, 0.5) is 5.69 Å². The number of benzene rings is 1. The molecule has 2 aromatic rings. The Morgan fingerprint density at radius 1 is 1.44 bits per heavy atom. The van der Waals surface area contributed by atoms with Gasteiger partial charge in [0.2, 0.25) is 0 Å². The zero-order chi connectivity index (χ0) is 13.1. The van der Waals surface area contributed by atoms with Gasteiger partial charge in [0.1, 0.15) is 0 Å². The number of halogens is 1. The van der Waals surface area contributed by atoms with Gasteiger partial charge in [0.25, 0.3) is 5.91 Å². The maximum absolute atomic E-state index is 12.1. The first-order valence-electron chi connectivity index (χ1n) is 5.39. The monoisotopic (exact) mass is 264 g/mol. The van der Waals surface area contributed by atoms with Gasteiger partial charge in [-0.05, 0) is 24.3 Å². The highest BCUT2D eigenvalue weighted by molar-refractivity contribution is 6.33. The molecule has 1 aromatic heterocycles. The van der Waals surface area contributed by atoms with Crippen molar-refractivity contribution in [2.24, 2.45) is 0 Å². The summed E-state index contributed by atoms with van der Waals surface area (Å²) in [5, 5.41) is 0.387. The maximum Gasteiger partial charge on any atom is 0.253 e. The summed E-state index contributed by atoms with van der Waals surface area (Å²) in [4.78, 5) is 13.7. The number of amides is 1. The molecule has 1 amide bonds. The quantitative estimate of drug-likeness (QED) is 0.867. The molecule has 0 bridgehead atoms.